The lowest BCUT2D eigenvalue weighted by atomic mass is 10.2. The Morgan fingerprint density at radius 2 is 1.85 bits per heavy atom. The molecule has 1 aliphatic carbocycles. The molecule has 0 atom stereocenters. The van der Waals surface area contributed by atoms with E-state index in [4.69, 9.17) is 10.5 Å². The van der Waals surface area contributed by atoms with E-state index < -0.39 is 0 Å². The van der Waals surface area contributed by atoms with E-state index >= 15 is 0 Å². The number of rotatable bonds is 3. The second-order valence-electron chi connectivity index (χ2n) is 3.70. The van der Waals surface area contributed by atoms with Gasteiger partial charge in [-0.2, -0.15) is 0 Å². The Labute approximate surface area is 79.7 Å². The van der Waals surface area contributed by atoms with E-state index in [2.05, 4.69) is 4.99 Å². The normalized spacial score (nSPS) is 22.4. The molecule has 3 nitrogen and oxygen atoms in total. The highest BCUT2D eigenvalue weighted by Gasteiger charge is 2.41. The minimum atomic E-state index is -0.116. The molecule has 1 fully saturated rings. The minimum Gasteiger partial charge on any atom is -0.500 e. The van der Waals surface area contributed by atoms with Gasteiger partial charge in [-0.1, -0.05) is 0 Å². The van der Waals surface area contributed by atoms with Crippen molar-refractivity contribution in [1.29, 1.82) is 0 Å². The van der Waals surface area contributed by atoms with Crippen LogP contribution in [-0.4, -0.2) is 18.4 Å². The van der Waals surface area contributed by atoms with E-state index in [0.717, 1.165) is 30.0 Å². The summed E-state index contributed by atoms with van der Waals surface area (Å²) in [5, 5.41) is 0. The SMILES string of the molecule is CO/C(C)=C(/C)N=C(C)C1(N)CC1. The van der Waals surface area contributed by atoms with E-state index in [9.17, 15) is 0 Å². The van der Waals surface area contributed by atoms with Crippen LogP contribution in [0.25, 0.3) is 0 Å². The predicted molar refractivity (Wildman–Crippen MR) is 54.6 cm³/mol. The van der Waals surface area contributed by atoms with Crippen molar-refractivity contribution in [3.63, 3.8) is 0 Å². The summed E-state index contributed by atoms with van der Waals surface area (Å²) in [4.78, 5) is 4.43. The van der Waals surface area contributed by atoms with Crippen LogP contribution in [0.2, 0.25) is 0 Å². The molecule has 3 heteroatoms. The van der Waals surface area contributed by atoms with Crippen molar-refractivity contribution in [2.45, 2.75) is 39.2 Å². The maximum atomic E-state index is 5.99. The lowest BCUT2D eigenvalue weighted by molar-refractivity contribution is 0.288. The van der Waals surface area contributed by atoms with E-state index in [1.807, 2.05) is 20.8 Å². The Hall–Kier alpha value is -0.830. The summed E-state index contributed by atoms with van der Waals surface area (Å²) in [6, 6.07) is 0. The summed E-state index contributed by atoms with van der Waals surface area (Å²) in [5.74, 6) is 0.851. The number of aliphatic imine (C=N–C) groups is 1. The van der Waals surface area contributed by atoms with Crippen molar-refractivity contribution >= 4 is 5.71 Å². The fourth-order valence-electron chi connectivity index (χ4n) is 1.09. The van der Waals surface area contributed by atoms with Gasteiger partial charge in [0, 0.05) is 5.71 Å². The zero-order chi connectivity index (χ0) is 10.1. The number of allylic oxidation sites excluding steroid dienone is 2. The fraction of sp³-hybridized carbons (Fsp3) is 0.700. The van der Waals surface area contributed by atoms with Crippen molar-refractivity contribution in [3.05, 3.63) is 11.5 Å². The summed E-state index contributed by atoms with van der Waals surface area (Å²) in [7, 11) is 1.65. The highest BCUT2D eigenvalue weighted by atomic mass is 16.5. The van der Waals surface area contributed by atoms with Gasteiger partial charge in [-0.05, 0) is 33.6 Å². The van der Waals surface area contributed by atoms with Crippen LogP contribution in [0.3, 0.4) is 0 Å². The number of methoxy groups -OCH3 is 1. The molecular formula is C10H18N2O. The van der Waals surface area contributed by atoms with Gasteiger partial charge in [0.25, 0.3) is 0 Å². The Kier molecular flexibility index (Phi) is 2.76. The monoisotopic (exact) mass is 182 g/mol. The quantitative estimate of drug-likeness (QED) is 0.534. The van der Waals surface area contributed by atoms with Gasteiger partial charge in [0.05, 0.1) is 18.3 Å². The maximum Gasteiger partial charge on any atom is 0.114 e. The second kappa shape index (κ2) is 3.50. The Bertz CT molecular complexity index is 262. The summed E-state index contributed by atoms with van der Waals surface area (Å²) < 4.78 is 5.08. The summed E-state index contributed by atoms with van der Waals surface area (Å²) in [6.45, 7) is 5.83. The third-order valence-electron chi connectivity index (χ3n) is 2.66. The lowest BCUT2D eigenvalue weighted by Crippen LogP contribution is -2.30. The molecule has 0 spiro atoms. The fourth-order valence-corrected chi connectivity index (χ4v) is 1.09. The molecule has 0 radical (unpaired) electrons. The minimum absolute atomic E-state index is 0.116. The van der Waals surface area contributed by atoms with Gasteiger partial charge >= 0.3 is 0 Å². The molecule has 13 heavy (non-hydrogen) atoms. The molecule has 74 valence electrons. The third-order valence-corrected chi connectivity index (χ3v) is 2.66. The molecule has 0 aromatic rings. The number of nitrogens with two attached hydrogens (primary N) is 1. The molecule has 1 aliphatic rings. The van der Waals surface area contributed by atoms with E-state index in [0.29, 0.717) is 0 Å². The maximum absolute atomic E-state index is 5.99. The van der Waals surface area contributed by atoms with E-state index in [1.54, 1.807) is 7.11 Å². The molecule has 0 saturated heterocycles. The Balaban J connectivity index is 2.75. The topological polar surface area (TPSA) is 47.6 Å². The molecule has 0 aliphatic heterocycles. The number of ether oxygens (including phenoxy) is 1. The highest BCUT2D eigenvalue weighted by Crippen LogP contribution is 2.34. The van der Waals surface area contributed by atoms with Crippen molar-refractivity contribution in [1.82, 2.24) is 0 Å². The van der Waals surface area contributed by atoms with Crippen LogP contribution in [0, 0.1) is 0 Å². The smallest absolute Gasteiger partial charge is 0.114 e. The molecule has 0 aromatic carbocycles. The van der Waals surface area contributed by atoms with Crippen molar-refractivity contribution < 1.29 is 4.74 Å². The van der Waals surface area contributed by atoms with E-state index in [1.165, 1.54) is 0 Å². The largest absolute Gasteiger partial charge is 0.500 e. The highest BCUT2D eigenvalue weighted by molar-refractivity contribution is 5.94. The average Bonchev–Trinajstić information content (AvgIpc) is 2.83. The number of hydrogen-bond acceptors (Lipinski definition) is 3. The first-order valence-electron chi connectivity index (χ1n) is 4.56. The summed E-state index contributed by atoms with van der Waals surface area (Å²) in [5.41, 5.74) is 7.80. The van der Waals surface area contributed by atoms with Gasteiger partial charge < -0.3 is 10.5 Å². The molecule has 0 heterocycles. The molecule has 0 amide bonds. The van der Waals surface area contributed by atoms with Crippen molar-refractivity contribution in [2.24, 2.45) is 10.7 Å². The lowest BCUT2D eigenvalue weighted by Gasteiger charge is -2.09. The van der Waals surface area contributed by atoms with Crippen LogP contribution >= 0.6 is 0 Å². The second-order valence-corrected chi connectivity index (χ2v) is 3.70. The van der Waals surface area contributed by atoms with Gasteiger partial charge in [-0.15, -0.1) is 0 Å². The van der Waals surface area contributed by atoms with Gasteiger partial charge in [0.1, 0.15) is 5.76 Å². The number of nitrogens with zero attached hydrogens (tertiary/aromatic N) is 1. The van der Waals surface area contributed by atoms with Crippen molar-refractivity contribution in [3.8, 4) is 0 Å². The van der Waals surface area contributed by atoms with Crippen LogP contribution in [0.1, 0.15) is 33.6 Å². The third kappa shape index (κ3) is 2.31. The van der Waals surface area contributed by atoms with Gasteiger partial charge in [-0.3, -0.25) is 4.99 Å². The Morgan fingerprint density at radius 1 is 1.31 bits per heavy atom. The first-order valence-corrected chi connectivity index (χ1v) is 4.56. The zero-order valence-electron chi connectivity index (χ0n) is 8.85. The first kappa shape index (κ1) is 10.3. The van der Waals surface area contributed by atoms with Crippen LogP contribution in [-0.2, 0) is 4.74 Å². The van der Waals surface area contributed by atoms with Crippen LogP contribution in [0.4, 0.5) is 0 Å². The van der Waals surface area contributed by atoms with Gasteiger partial charge in [0.2, 0.25) is 0 Å². The van der Waals surface area contributed by atoms with Gasteiger partial charge in [-0.25, -0.2) is 0 Å². The van der Waals surface area contributed by atoms with E-state index in [-0.39, 0.29) is 5.54 Å². The molecular weight excluding hydrogens is 164 g/mol. The average molecular weight is 182 g/mol. The molecule has 1 saturated carbocycles. The van der Waals surface area contributed by atoms with Crippen molar-refractivity contribution in [2.75, 3.05) is 7.11 Å². The molecule has 2 N–H and O–H groups in total. The number of hydrogen-bond donors (Lipinski definition) is 1. The first-order chi connectivity index (χ1) is 5.99. The summed E-state index contributed by atoms with van der Waals surface area (Å²) >= 11 is 0. The molecule has 1 rings (SSSR count). The Morgan fingerprint density at radius 3 is 2.23 bits per heavy atom. The van der Waals surface area contributed by atoms with Crippen LogP contribution in [0.15, 0.2) is 16.4 Å². The van der Waals surface area contributed by atoms with Gasteiger partial charge in [0.15, 0.2) is 0 Å². The van der Waals surface area contributed by atoms with Crippen LogP contribution < -0.4 is 5.73 Å². The van der Waals surface area contributed by atoms with Crippen LogP contribution in [0.5, 0.6) is 0 Å². The molecule has 0 aromatic heterocycles. The molecule has 0 unspecified atom stereocenters. The summed E-state index contributed by atoms with van der Waals surface area (Å²) in [6.07, 6.45) is 2.11. The standard InChI is InChI=1S/C10H18N2O/c1-7(8(2)13-4)12-9(3)10(11)5-6-10/h5-6,11H2,1-4H3/b8-7-,12-9?. The predicted octanol–water partition coefficient (Wildman–Crippen LogP) is 1.84. The molecule has 0 bridgehead atoms. The zero-order valence-corrected chi connectivity index (χ0v) is 8.85.